The van der Waals surface area contributed by atoms with Gasteiger partial charge in [0.05, 0.1) is 0 Å². The Balaban J connectivity index is 1.99. The monoisotopic (exact) mass is 352 g/mol. The van der Waals surface area contributed by atoms with Crippen LogP contribution in [0.1, 0.15) is 32.1 Å². The predicted octanol–water partition coefficient (Wildman–Crippen LogP) is 4.57. The summed E-state index contributed by atoms with van der Waals surface area (Å²) in [5, 5.41) is 3.33. The van der Waals surface area contributed by atoms with Crippen LogP contribution in [0, 0.1) is 5.92 Å². The molecule has 2 rings (SSSR count). The van der Waals surface area contributed by atoms with Crippen molar-refractivity contribution in [2.45, 2.75) is 37.8 Å². The van der Waals surface area contributed by atoms with Gasteiger partial charge in [-0.1, -0.05) is 20.8 Å². The van der Waals surface area contributed by atoms with E-state index < -0.39 is 10.0 Å². The minimum atomic E-state index is -3.50. The lowest BCUT2D eigenvalue weighted by Crippen LogP contribution is -2.11. The molecular weight excluding hydrogens is 328 g/mol. The lowest BCUT2D eigenvalue weighted by molar-refractivity contribution is 0.603. The van der Waals surface area contributed by atoms with E-state index in [1.807, 2.05) is 25.1 Å². The summed E-state index contributed by atoms with van der Waals surface area (Å²) in [5.74, 6) is 0.660. The van der Waals surface area contributed by atoms with Gasteiger partial charge in [-0.3, -0.25) is 4.72 Å². The highest BCUT2D eigenvalue weighted by molar-refractivity contribution is 7.94. The van der Waals surface area contributed by atoms with Gasteiger partial charge in [-0.05, 0) is 55.2 Å². The maximum Gasteiger partial charge on any atom is 0.271 e. The fourth-order valence-electron chi connectivity index (χ4n) is 2.06. The third-order valence-electron chi connectivity index (χ3n) is 3.44. The highest BCUT2D eigenvalue weighted by Gasteiger charge is 2.16. The van der Waals surface area contributed by atoms with Crippen LogP contribution >= 0.6 is 11.3 Å². The van der Waals surface area contributed by atoms with Crippen molar-refractivity contribution >= 4 is 32.7 Å². The summed E-state index contributed by atoms with van der Waals surface area (Å²) in [7, 11) is -3.50. The first-order chi connectivity index (χ1) is 10.9. The van der Waals surface area contributed by atoms with Crippen molar-refractivity contribution in [1.29, 1.82) is 0 Å². The molecule has 126 valence electrons. The van der Waals surface area contributed by atoms with Crippen LogP contribution in [-0.4, -0.2) is 15.0 Å². The van der Waals surface area contributed by atoms with Crippen LogP contribution in [0.4, 0.5) is 11.4 Å². The van der Waals surface area contributed by atoms with Gasteiger partial charge < -0.3 is 5.32 Å². The summed E-state index contributed by atoms with van der Waals surface area (Å²) in [6.07, 6.45) is 1.95. The minimum absolute atomic E-state index is 0.355. The Bertz CT molecular complexity index is 719. The quantitative estimate of drug-likeness (QED) is 0.732. The summed E-state index contributed by atoms with van der Waals surface area (Å²) in [6, 6.07) is 10.9. The molecule has 0 bridgehead atoms. The topological polar surface area (TPSA) is 58.2 Å². The zero-order valence-electron chi connectivity index (χ0n) is 13.8. The SMILES string of the molecule is CCc1ccc(S(=O)(=O)Nc2ccc(NCCC(C)C)cc2)s1. The Morgan fingerprint density at radius 3 is 2.26 bits per heavy atom. The van der Waals surface area contributed by atoms with Crippen molar-refractivity contribution in [3.63, 3.8) is 0 Å². The molecular formula is C17H24N2O2S2. The average Bonchev–Trinajstić information content (AvgIpc) is 2.98. The van der Waals surface area contributed by atoms with Crippen LogP contribution in [0.5, 0.6) is 0 Å². The Morgan fingerprint density at radius 1 is 1.04 bits per heavy atom. The summed E-state index contributed by atoms with van der Waals surface area (Å²) in [5.41, 5.74) is 1.57. The third kappa shape index (κ3) is 5.25. The molecule has 0 aliphatic carbocycles. The van der Waals surface area contributed by atoms with Crippen LogP contribution < -0.4 is 10.0 Å². The van der Waals surface area contributed by atoms with Gasteiger partial charge in [0.1, 0.15) is 4.21 Å². The molecule has 6 heteroatoms. The normalized spacial score (nSPS) is 11.7. The molecule has 1 heterocycles. The van der Waals surface area contributed by atoms with E-state index in [-0.39, 0.29) is 0 Å². The maximum absolute atomic E-state index is 12.3. The second-order valence-electron chi connectivity index (χ2n) is 5.87. The van der Waals surface area contributed by atoms with Gasteiger partial charge in [0, 0.05) is 22.8 Å². The molecule has 0 atom stereocenters. The number of sulfonamides is 1. The molecule has 2 N–H and O–H groups in total. The fraction of sp³-hybridized carbons (Fsp3) is 0.412. The first-order valence-electron chi connectivity index (χ1n) is 7.86. The zero-order chi connectivity index (χ0) is 16.9. The number of hydrogen-bond acceptors (Lipinski definition) is 4. The van der Waals surface area contributed by atoms with E-state index in [0.717, 1.165) is 30.0 Å². The fourth-order valence-corrected chi connectivity index (χ4v) is 4.41. The van der Waals surface area contributed by atoms with Gasteiger partial charge >= 0.3 is 0 Å². The number of aryl methyl sites for hydroxylation is 1. The number of thiophene rings is 1. The minimum Gasteiger partial charge on any atom is -0.385 e. The first-order valence-corrected chi connectivity index (χ1v) is 10.2. The molecule has 0 unspecified atom stereocenters. The smallest absolute Gasteiger partial charge is 0.271 e. The van der Waals surface area contributed by atoms with E-state index in [4.69, 9.17) is 0 Å². The lowest BCUT2D eigenvalue weighted by Gasteiger charge is -2.10. The molecule has 4 nitrogen and oxygen atoms in total. The Labute approximate surface area is 143 Å². The van der Waals surface area contributed by atoms with Crippen molar-refractivity contribution in [1.82, 2.24) is 0 Å². The van der Waals surface area contributed by atoms with E-state index in [0.29, 0.717) is 15.8 Å². The van der Waals surface area contributed by atoms with Crippen LogP contribution in [-0.2, 0) is 16.4 Å². The maximum atomic E-state index is 12.3. The van der Waals surface area contributed by atoms with Crippen LogP contribution in [0.2, 0.25) is 0 Å². The van der Waals surface area contributed by atoms with Gasteiger partial charge in [-0.15, -0.1) is 11.3 Å². The van der Waals surface area contributed by atoms with Crippen LogP contribution in [0.3, 0.4) is 0 Å². The molecule has 23 heavy (non-hydrogen) atoms. The van der Waals surface area contributed by atoms with E-state index >= 15 is 0 Å². The number of nitrogens with one attached hydrogen (secondary N) is 2. The van der Waals surface area contributed by atoms with Crippen molar-refractivity contribution in [3.8, 4) is 0 Å². The molecule has 0 fully saturated rings. The van der Waals surface area contributed by atoms with Crippen molar-refractivity contribution < 1.29 is 8.42 Å². The molecule has 2 aromatic rings. The number of benzene rings is 1. The number of hydrogen-bond donors (Lipinski definition) is 2. The van der Waals surface area contributed by atoms with E-state index in [2.05, 4.69) is 23.9 Å². The summed E-state index contributed by atoms with van der Waals surface area (Å²) in [4.78, 5) is 1.06. The highest BCUT2D eigenvalue weighted by atomic mass is 32.2. The van der Waals surface area contributed by atoms with Crippen LogP contribution in [0.25, 0.3) is 0 Å². The molecule has 0 aliphatic heterocycles. The van der Waals surface area contributed by atoms with Crippen molar-refractivity contribution in [2.24, 2.45) is 5.92 Å². The van der Waals surface area contributed by atoms with Gasteiger partial charge in [-0.2, -0.15) is 0 Å². The van der Waals surface area contributed by atoms with Gasteiger partial charge in [0.25, 0.3) is 10.0 Å². The van der Waals surface area contributed by atoms with Crippen LogP contribution in [0.15, 0.2) is 40.6 Å². The molecule has 1 aromatic carbocycles. The molecule has 0 aliphatic rings. The Kier molecular flexibility index (Phi) is 6.07. The molecule has 0 spiro atoms. The number of anilines is 2. The second kappa shape index (κ2) is 7.84. The van der Waals surface area contributed by atoms with E-state index in [1.54, 1.807) is 18.2 Å². The lowest BCUT2D eigenvalue weighted by atomic mass is 10.1. The summed E-state index contributed by atoms with van der Waals surface area (Å²) in [6.45, 7) is 7.31. The summed E-state index contributed by atoms with van der Waals surface area (Å²) >= 11 is 1.31. The zero-order valence-corrected chi connectivity index (χ0v) is 15.4. The highest BCUT2D eigenvalue weighted by Crippen LogP contribution is 2.25. The van der Waals surface area contributed by atoms with Gasteiger partial charge in [0.15, 0.2) is 0 Å². The Morgan fingerprint density at radius 2 is 1.70 bits per heavy atom. The van der Waals surface area contributed by atoms with Gasteiger partial charge in [0.2, 0.25) is 0 Å². The predicted molar refractivity (Wildman–Crippen MR) is 98.9 cm³/mol. The van der Waals surface area contributed by atoms with Gasteiger partial charge in [-0.25, -0.2) is 8.42 Å². The van der Waals surface area contributed by atoms with E-state index in [1.165, 1.54) is 11.3 Å². The molecule has 0 amide bonds. The third-order valence-corrected chi connectivity index (χ3v) is 6.54. The molecule has 0 saturated heterocycles. The standard InChI is InChI=1S/C17H24N2O2S2/c1-4-16-9-10-17(22-16)23(20,21)19-15-7-5-14(6-8-15)18-12-11-13(2)3/h5-10,13,18-19H,4,11-12H2,1-3H3. The molecule has 0 radical (unpaired) electrons. The second-order valence-corrected chi connectivity index (χ2v) is 8.94. The van der Waals surface area contributed by atoms with Crippen molar-refractivity contribution in [2.75, 3.05) is 16.6 Å². The summed E-state index contributed by atoms with van der Waals surface area (Å²) < 4.78 is 27.7. The average molecular weight is 353 g/mol. The first kappa shape index (κ1) is 17.8. The number of rotatable bonds is 8. The molecule has 0 saturated carbocycles. The largest absolute Gasteiger partial charge is 0.385 e. The Hall–Kier alpha value is -1.53. The van der Waals surface area contributed by atoms with Crippen molar-refractivity contribution in [3.05, 3.63) is 41.3 Å². The molecule has 1 aromatic heterocycles. The van der Waals surface area contributed by atoms with E-state index in [9.17, 15) is 8.42 Å².